The van der Waals surface area contributed by atoms with Gasteiger partial charge in [0, 0.05) is 26.2 Å². The van der Waals surface area contributed by atoms with Crippen LogP contribution in [0.5, 0.6) is 0 Å². The number of hydrogen-bond acceptors (Lipinski definition) is 3. The molecular weight excluding hydrogens is 350 g/mol. The largest absolute Gasteiger partial charge is 0.338 e. The quantitative estimate of drug-likeness (QED) is 0.770. The molecule has 23 heavy (non-hydrogen) atoms. The van der Waals surface area contributed by atoms with Crippen molar-refractivity contribution in [3.63, 3.8) is 0 Å². The number of carbonyl (C=O) groups is 1. The number of likely N-dealkylation sites (tertiary alicyclic amines) is 1. The summed E-state index contributed by atoms with van der Waals surface area (Å²) in [5.74, 6) is -2.74. The molecule has 1 aliphatic heterocycles. The van der Waals surface area contributed by atoms with E-state index in [9.17, 15) is 22.0 Å². The first-order valence-corrected chi connectivity index (χ1v) is 9.20. The number of hydrogen-bond donors (Lipinski definition) is 0. The second-order valence-electron chi connectivity index (χ2n) is 5.55. The number of rotatable bonds is 3. The van der Waals surface area contributed by atoms with E-state index >= 15 is 0 Å². The van der Waals surface area contributed by atoms with Gasteiger partial charge in [-0.1, -0.05) is 11.6 Å². The zero-order valence-corrected chi connectivity index (χ0v) is 14.3. The number of benzene rings is 1. The Hall–Kier alpha value is -1.25. The van der Waals surface area contributed by atoms with Crippen LogP contribution in [0, 0.1) is 11.6 Å². The Morgan fingerprint density at radius 1 is 1.26 bits per heavy atom. The minimum absolute atomic E-state index is 0.0968. The highest BCUT2D eigenvalue weighted by Gasteiger charge is 2.30. The van der Waals surface area contributed by atoms with Crippen molar-refractivity contribution in [2.75, 3.05) is 26.4 Å². The lowest BCUT2D eigenvalue weighted by Gasteiger charge is -2.35. The highest BCUT2D eigenvalue weighted by atomic mass is 35.5. The molecule has 1 aromatic rings. The first-order valence-electron chi connectivity index (χ1n) is 6.98. The van der Waals surface area contributed by atoms with Crippen LogP contribution in [0.15, 0.2) is 12.1 Å². The van der Waals surface area contributed by atoms with Crippen LogP contribution in [0.2, 0.25) is 5.02 Å². The fourth-order valence-electron chi connectivity index (χ4n) is 2.56. The van der Waals surface area contributed by atoms with Gasteiger partial charge in [-0.25, -0.2) is 21.5 Å². The summed E-state index contributed by atoms with van der Waals surface area (Å²) in [6, 6.07) is 1.37. The van der Waals surface area contributed by atoms with Gasteiger partial charge in [-0.15, -0.1) is 0 Å². The van der Waals surface area contributed by atoms with E-state index in [-0.39, 0.29) is 16.6 Å². The third kappa shape index (κ3) is 3.99. The number of carbonyl (C=O) groups excluding carboxylic acids is 1. The molecule has 1 aliphatic rings. The van der Waals surface area contributed by atoms with E-state index in [1.54, 1.807) is 0 Å². The number of piperidine rings is 1. The molecule has 1 aromatic carbocycles. The SMILES string of the molecule is CN(C1CCN(C(=O)c2cc(F)c(F)cc2Cl)CC1)S(C)(=O)=O. The molecule has 1 amide bonds. The van der Waals surface area contributed by atoms with Gasteiger partial charge in [-0.2, -0.15) is 0 Å². The lowest BCUT2D eigenvalue weighted by molar-refractivity contribution is 0.0686. The average molecular weight is 367 g/mol. The van der Waals surface area contributed by atoms with Crippen molar-refractivity contribution >= 4 is 27.5 Å². The van der Waals surface area contributed by atoms with Crippen LogP contribution < -0.4 is 0 Å². The molecule has 1 saturated heterocycles. The maximum absolute atomic E-state index is 13.3. The summed E-state index contributed by atoms with van der Waals surface area (Å²) in [4.78, 5) is 13.8. The average Bonchev–Trinajstić information content (AvgIpc) is 2.49. The van der Waals surface area contributed by atoms with E-state index in [1.807, 2.05) is 0 Å². The third-order valence-corrected chi connectivity index (χ3v) is 5.69. The topological polar surface area (TPSA) is 57.7 Å². The van der Waals surface area contributed by atoms with E-state index in [2.05, 4.69) is 0 Å². The van der Waals surface area contributed by atoms with E-state index < -0.39 is 27.6 Å². The summed E-state index contributed by atoms with van der Waals surface area (Å²) in [5, 5.41) is -0.149. The van der Waals surface area contributed by atoms with Crippen LogP contribution >= 0.6 is 11.6 Å². The smallest absolute Gasteiger partial charge is 0.255 e. The van der Waals surface area contributed by atoms with Crippen LogP contribution in [-0.4, -0.2) is 56.0 Å². The monoisotopic (exact) mass is 366 g/mol. The van der Waals surface area contributed by atoms with E-state index in [0.29, 0.717) is 25.9 Å². The summed E-state index contributed by atoms with van der Waals surface area (Å²) < 4.78 is 50.7. The predicted molar refractivity (Wildman–Crippen MR) is 82.9 cm³/mol. The first-order chi connectivity index (χ1) is 10.6. The molecule has 0 N–H and O–H groups in total. The van der Waals surface area contributed by atoms with Crippen molar-refractivity contribution < 1.29 is 22.0 Å². The maximum atomic E-state index is 13.3. The van der Waals surface area contributed by atoms with Gasteiger partial charge >= 0.3 is 0 Å². The molecule has 0 aliphatic carbocycles. The second kappa shape index (κ2) is 6.70. The summed E-state index contributed by atoms with van der Waals surface area (Å²) in [6.07, 6.45) is 2.07. The van der Waals surface area contributed by atoms with Gasteiger partial charge in [0.15, 0.2) is 11.6 Å². The lowest BCUT2D eigenvalue weighted by atomic mass is 10.0. The van der Waals surface area contributed by atoms with Crippen molar-refractivity contribution in [2.24, 2.45) is 0 Å². The fraction of sp³-hybridized carbons (Fsp3) is 0.500. The standard InChI is InChI=1S/C14H17ClF2N2O3S/c1-18(23(2,21)22)9-3-5-19(6-4-9)14(20)10-7-12(16)13(17)8-11(10)15/h7-9H,3-6H2,1-2H3. The van der Waals surface area contributed by atoms with Gasteiger partial charge in [0.2, 0.25) is 10.0 Å². The summed E-state index contributed by atoms with van der Waals surface area (Å²) >= 11 is 5.81. The molecule has 1 fully saturated rings. The maximum Gasteiger partial charge on any atom is 0.255 e. The zero-order chi connectivity index (χ0) is 17.4. The van der Waals surface area contributed by atoms with Crippen LogP contribution in [0.1, 0.15) is 23.2 Å². The highest BCUT2D eigenvalue weighted by Crippen LogP contribution is 2.24. The van der Waals surface area contributed by atoms with Gasteiger partial charge < -0.3 is 4.90 Å². The molecule has 5 nitrogen and oxygen atoms in total. The van der Waals surface area contributed by atoms with Crippen molar-refractivity contribution in [3.8, 4) is 0 Å². The fourth-order valence-corrected chi connectivity index (χ4v) is 3.54. The van der Waals surface area contributed by atoms with Crippen molar-refractivity contribution in [3.05, 3.63) is 34.4 Å². The molecular formula is C14H17ClF2N2O3S. The Labute approximate surface area is 138 Å². The van der Waals surface area contributed by atoms with Gasteiger partial charge in [0.25, 0.3) is 5.91 Å². The molecule has 1 heterocycles. The number of halogens is 3. The third-order valence-electron chi connectivity index (χ3n) is 4.03. The lowest BCUT2D eigenvalue weighted by Crippen LogP contribution is -2.47. The molecule has 0 unspecified atom stereocenters. The van der Waals surface area contributed by atoms with Crippen LogP contribution in [0.4, 0.5) is 8.78 Å². The molecule has 0 bridgehead atoms. The Morgan fingerprint density at radius 2 is 1.78 bits per heavy atom. The number of sulfonamides is 1. The van der Waals surface area contributed by atoms with Crippen molar-refractivity contribution in [2.45, 2.75) is 18.9 Å². The minimum Gasteiger partial charge on any atom is -0.338 e. The normalized spacial score (nSPS) is 16.9. The van der Waals surface area contributed by atoms with Crippen molar-refractivity contribution in [1.29, 1.82) is 0 Å². The summed E-state index contributed by atoms with van der Waals surface area (Å²) in [5.41, 5.74) is -0.0968. The Kier molecular flexibility index (Phi) is 5.27. The number of amides is 1. The minimum atomic E-state index is -3.29. The Bertz CT molecular complexity index is 719. The Morgan fingerprint density at radius 3 is 2.30 bits per heavy atom. The molecule has 0 saturated carbocycles. The molecule has 9 heteroatoms. The van der Waals surface area contributed by atoms with Gasteiger partial charge in [0.1, 0.15) is 0 Å². The molecule has 128 valence electrons. The van der Waals surface area contributed by atoms with Crippen LogP contribution in [0.25, 0.3) is 0 Å². The number of nitrogens with zero attached hydrogens (tertiary/aromatic N) is 2. The first kappa shape index (κ1) is 18.1. The van der Waals surface area contributed by atoms with Gasteiger partial charge in [0.05, 0.1) is 16.8 Å². The van der Waals surface area contributed by atoms with Crippen LogP contribution in [0.3, 0.4) is 0 Å². The van der Waals surface area contributed by atoms with Crippen molar-refractivity contribution in [1.82, 2.24) is 9.21 Å². The Balaban J connectivity index is 2.09. The van der Waals surface area contributed by atoms with E-state index in [0.717, 1.165) is 18.4 Å². The zero-order valence-electron chi connectivity index (χ0n) is 12.7. The van der Waals surface area contributed by atoms with E-state index in [4.69, 9.17) is 11.6 Å². The molecule has 2 rings (SSSR count). The predicted octanol–water partition coefficient (Wildman–Crippen LogP) is 2.11. The molecule has 0 atom stereocenters. The van der Waals surface area contributed by atoms with Gasteiger partial charge in [-0.3, -0.25) is 4.79 Å². The van der Waals surface area contributed by atoms with Gasteiger partial charge in [-0.05, 0) is 25.0 Å². The molecule has 0 radical (unpaired) electrons. The second-order valence-corrected chi connectivity index (χ2v) is 8.00. The summed E-state index contributed by atoms with van der Waals surface area (Å²) in [7, 11) is -1.79. The molecule has 0 spiro atoms. The van der Waals surface area contributed by atoms with Crippen LogP contribution in [-0.2, 0) is 10.0 Å². The molecule has 0 aromatic heterocycles. The summed E-state index contributed by atoms with van der Waals surface area (Å²) in [6.45, 7) is 0.636. The van der Waals surface area contributed by atoms with E-state index in [1.165, 1.54) is 16.3 Å². The highest BCUT2D eigenvalue weighted by molar-refractivity contribution is 7.88.